The van der Waals surface area contributed by atoms with Crippen LogP contribution >= 0.6 is 23.2 Å². The number of hydrogen-bond donors (Lipinski definition) is 1. The zero-order chi connectivity index (χ0) is 24.9. The number of ether oxygens (including phenoxy) is 2. The molecular weight excluding hydrogens is 494 g/mol. The van der Waals surface area contributed by atoms with Gasteiger partial charge >= 0.3 is 5.97 Å². The molecule has 4 aromatic rings. The van der Waals surface area contributed by atoms with Crippen LogP contribution in [0.4, 0.5) is 10.2 Å². The minimum atomic E-state index is -0.797. The maximum Gasteiger partial charge on any atom is 0.359 e. The standard InChI is InChI=1S/C25H21Cl2FN4O3/c1-14-4-3-5-20-17(14)9-7-16(30-20)13-35-25(33)22-21(27)24(29-10-11-34-2)32-23(31-22)18-8-6-15(26)12-19(18)28/h3-9,12H,10-11,13H2,1-2H3,(H,29,31,32). The number of nitrogens with zero attached hydrogens (tertiary/aromatic N) is 3. The molecule has 10 heteroatoms. The first-order chi connectivity index (χ1) is 16.9. The fourth-order valence-electron chi connectivity index (χ4n) is 3.40. The molecule has 1 N–H and O–H groups in total. The Kier molecular flexibility index (Phi) is 7.75. The molecule has 4 rings (SSSR count). The second-order valence-electron chi connectivity index (χ2n) is 7.62. The van der Waals surface area contributed by atoms with Crippen LogP contribution in [0, 0.1) is 12.7 Å². The molecule has 2 heterocycles. The summed E-state index contributed by atoms with van der Waals surface area (Å²) in [6, 6.07) is 13.6. The van der Waals surface area contributed by atoms with Gasteiger partial charge in [0, 0.05) is 24.1 Å². The number of carbonyl (C=O) groups excluding carboxylic acids is 1. The molecule has 0 aliphatic rings. The Bertz CT molecular complexity index is 1400. The van der Waals surface area contributed by atoms with Crippen molar-refractivity contribution >= 4 is 45.9 Å². The highest BCUT2D eigenvalue weighted by Gasteiger charge is 2.22. The highest BCUT2D eigenvalue weighted by Crippen LogP contribution is 2.30. The van der Waals surface area contributed by atoms with Crippen molar-refractivity contribution in [3.8, 4) is 11.4 Å². The Morgan fingerprint density at radius 1 is 1.09 bits per heavy atom. The molecule has 0 amide bonds. The molecule has 0 unspecified atom stereocenters. The van der Waals surface area contributed by atoms with Crippen molar-refractivity contribution in [2.24, 2.45) is 0 Å². The third-order valence-electron chi connectivity index (χ3n) is 5.17. The van der Waals surface area contributed by atoms with Gasteiger partial charge in [0.25, 0.3) is 0 Å². The van der Waals surface area contributed by atoms with Crippen molar-refractivity contribution in [1.29, 1.82) is 0 Å². The summed E-state index contributed by atoms with van der Waals surface area (Å²) < 4.78 is 25.1. The molecule has 0 saturated heterocycles. The van der Waals surface area contributed by atoms with E-state index in [1.807, 2.05) is 31.2 Å². The molecule has 2 aromatic heterocycles. The van der Waals surface area contributed by atoms with Crippen LogP contribution in [0.5, 0.6) is 0 Å². The minimum absolute atomic E-state index is 0.0465. The van der Waals surface area contributed by atoms with Gasteiger partial charge in [-0.2, -0.15) is 0 Å². The Morgan fingerprint density at radius 3 is 2.69 bits per heavy atom. The van der Waals surface area contributed by atoms with Gasteiger partial charge in [-0.05, 0) is 42.8 Å². The Hall–Kier alpha value is -3.33. The smallest absolute Gasteiger partial charge is 0.359 e. The molecule has 35 heavy (non-hydrogen) atoms. The maximum absolute atomic E-state index is 14.6. The van der Waals surface area contributed by atoms with Gasteiger partial charge in [-0.3, -0.25) is 0 Å². The number of hydrogen-bond acceptors (Lipinski definition) is 7. The summed E-state index contributed by atoms with van der Waals surface area (Å²) in [6.45, 7) is 2.61. The maximum atomic E-state index is 14.6. The Labute approximate surface area is 211 Å². The Balaban J connectivity index is 1.63. The van der Waals surface area contributed by atoms with Gasteiger partial charge in [-0.25, -0.2) is 24.1 Å². The van der Waals surface area contributed by atoms with Gasteiger partial charge in [0.15, 0.2) is 11.5 Å². The van der Waals surface area contributed by atoms with Crippen LogP contribution in [0.1, 0.15) is 21.7 Å². The van der Waals surface area contributed by atoms with Crippen molar-refractivity contribution < 1.29 is 18.7 Å². The number of benzene rings is 2. The normalized spacial score (nSPS) is 11.0. The van der Waals surface area contributed by atoms with Gasteiger partial charge in [0.05, 0.1) is 23.4 Å². The lowest BCUT2D eigenvalue weighted by Gasteiger charge is -2.13. The summed E-state index contributed by atoms with van der Waals surface area (Å²) in [6.07, 6.45) is 0. The number of aryl methyl sites for hydroxylation is 1. The minimum Gasteiger partial charge on any atom is -0.454 e. The van der Waals surface area contributed by atoms with E-state index in [-0.39, 0.29) is 39.6 Å². The number of fused-ring (bicyclic) bond motifs is 1. The van der Waals surface area contributed by atoms with Crippen molar-refractivity contribution in [3.63, 3.8) is 0 Å². The highest BCUT2D eigenvalue weighted by molar-refractivity contribution is 6.35. The van der Waals surface area contributed by atoms with Crippen molar-refractivity contribution in [1.82, 2.24) is 15.0 Å². The third-order valence-corrected chi connectivity index (χ3v) is 5.77. The molecule has 2 aromatic carbocycles. The summed E-state index contributed by atoms with van der Waals surface area (Å²) in [5.41, 5.74) is 2.30. The van der Waals surface area contributed by atoms with E-state index in [1.54, 1.807) is 13.2 Å². The van der Waals surface area contributed by atoms with Crippen molar-refractivity contribution in [2.45, 2.75) is 13.5 Å². The van der Waals surface area contributed by atoms with E-state index < -0.39 is 11.8 Å². The Morgan fingerprint density at radius 2 is 1.91 bits per heavy atom. The fourth-order valence-corrected chi connectivity index (χ4v) is 3.79. The number of halogens is 3. The van der Waals surface area contributed by atoms with Gasteiger partial charge in [0.1, 0.15) is 23.3 Å². The van der Waals surface area contributed by atoms with E-state index in [4.69, 9.17) is 32.7 Å². The molecule has 0 radical (unpaired) electrons. The number of methoxy groups -OCH3 is 1. The molecule has 0 bridgehead atoms. The topological polar surface area (TPSA) is 86.2 Å². The third kappa shape index (κ3) is 5.67. The fraction of sp³-hybridized carbons (Fsp3) is 0.200. The van der Waals surface area contributed by atoms with Gasteiger partial charge in [-0.1, -0.05) is 41.4 Å². The number of nitrogens with one attached hydrogen (secondary N) is 1. The molecule has 7 nitrogen and oxygen atoms in total. The SMILES string of the molecule is COCCNc1nc(-c2ccc(Cl)cc2F)nc(C(=O)OCc2ccc3c(C)cccc3n2)c1Cl. The van der Waals surface area contributed by atoms with E-state index in [9.17, 15) is 9.18 Å². The predicted molar refractivity (Wildman–Crippen MR) is 133 cm³/mol. The monoisotopic (exact) mass is 514 g/mol. The van der Waals surface area contributed by atoms with Gasteiger partial charge in [-0.15, -0.1) is 0 Å². The van der Waals surface area contributed by atoms with E-state index >= 15 is 0 Å². The predicted octanol–water partition coefficient (Wildman–Crippen LogP) is 5.86. The molecule has 0 fully saturated rings. The zero-order valence-corrected chi connectivity index (χ0v) is 20.5. The average molecular weight is 515 g/mol. The van der Waals surface area contributed by atoms with Crippen molar-refractivity contribution in [2.75, 3.05) is 25.6 Å². The number of anilines is 1. The number of rotatable bonds is 8. The summed E-state index contributed by atoms with van der Waals surface area (Å²) in [4.78, 5) is 26.0. The van der Waals surface area contributed by atoms with Crippen LogP contribution < -0.4 is 5.32 Å². The van der Waals surface area contributed by atoms with Crippen molar-refractivity contribution in [3.05, 3.63) is 81.3 Å². The second kappa shape index (κ2) is 10.9. The molecule has 0 atom stereocenters. The van der Waals surface area contributed by atoms with Crippen LogP contribution in [-0.2, 0) is 16.1 Å². The molecule has 0 aliphatic heterocycles. The summed E-state index contributed by atoms with van der Waals surface area (Å²) in [7, 11) is 1.54. The average Bonchev–Trinajstić information content (AvgIpc) is 2.84. The van der Waals surface area contributed by atoms with Gasteiger partial charge < -0.3 is 14.8 Å². The van der Waals surface area contributed by atoms with Crippen LogP contribution in [0.2, 0.25) is 10.0 Å². The zero-order valence-electron chi connectivity index (χ0n) is 18.9. The summed E-state index contributed by atoms with van der Waals surface area (Å²) in [5.74, 6) is -1.34. The van der Waals surface area contributed by atoms with Crippen LogP contribution in [0.3, 0.4) is 0 Å². The van der Waals surface area contributed by atoms with E-state index in [2.05, 4.69) is 20.3 Å². The molecule has 0 aliphatic carbocycles. The summed E-state index contributed by atoms with van der Waals surface area (Å²) in [5, 5.41) is 4.16. The van der Waals surface area contributed by atoms with E-state index in [0.717, 1.165) is 22.5 Å². The summed E-state index contributed by atoms with van der Waals surface area (Å²) >= 11 is 12.3. The first-order valence-corrected chi connectivity index (χ1v) is 11.4. The second-order valence-corrected chi connectivity index (χ2v) is 8.44. The van der Waals surface area contributed by atoms with Crippen LogP contribution in [0.15, 0.2) is 48.5 Å². The number of aromatic nitrogens is 3. The lowest BCUT2D eigenvalue weighted by atomic mass is 10.1. The van der Waals surface area contributed by atoms with Crippen LogP contribution in [0.25, 0.3) is 22.3 Å². The molecule has 180 valence electrons. The van der Waals surface area contributed by atoms with E-state index in [0.29, 0.717) is 18.8 Å². The molecule has 0 saturated carbocycles. The highest BCUT2D eigenvalue weighted by atomic mass is 35.5. The quantitative estimate of drug-likeness (QED) is 0.232. The number of carbonyl (C=O) groups is 1. The van der Waals surface area contributed by atoms with Gasteiger partial charge in [0.2, 0.25) is 0 Å². The number of pyridine rings is 1. The lowest BCUT2D eigenvalue weighted by Crippen LogP contribution is -2.15. The largest absolute Gasteiger partial charge is 0.454 e. The molecule has 0 spiro atoms. The molecular formula is C25H21Cl2FN4O3. The first-order valence-electron chi connectivity index (χ1n) is 10.7. The van der Waals surface area contributed by atoms with Crippen LogP contribution in [-0.4, -0.2) is 41.2 Å². The lowest BCUT2D eigenvalue weighted by molar-refractivity contribution is 0.0461. The first kappa shape index (κ1) is 24.8. The van der Waals surface area contributed by atoms with E-state index in [1.165, 1.54) is 12.1 Å². The number of esters is 1.